The molecule has 5 heteroatoms. The number of hydrogen-bond acceptors (Lipinski definition) is 4. The molecule has 0 saturated heterocycles. The van der Waals surface area contributed by atoms with E-state index in [1.54, 1.807) is 0 Å². The molecule has 2 aromatic rings. The summed E-state index contributed by atoms with van der Waals surface area (Å²) in [6.07, 6.45) is 5.02. The fourth-order valence-electron chi connectivity index (χ4n) is 1.74. The molecule has 1 aromatic carbocycles. The number of nitrogen functional groups attached to an aromatic ring is 1. The maximum atomic E-state index is 5.79. The van der Waals surface area contributed by atoms with Gasteiger partial charge in [0.15, 0.2) is 5.82 Å². The van der Waals surface area contributed by atoms with Gasteiger partial charge in [-0.25, -0.2) is 4.98 Å². The van der Waals surface area contributed by atoms with Crippen LogP contribution in [0.3, 0.4) is 0 Å². The highest BCUT2D eigenvalue weighted by Crippen LogP contribution is 2.21. The SMILES string of the molecule is CCCCc1ccc(Nc2nc(Cl)ncc2N)cc1. The molecule has 0 atom stereocenters. The number of nitrogens with zero attached hydrogens (tertiary/aromatic N) is 2. The zero-order chi connectivity index (χ0) is 13.7. The number of nitrogens with one attached hydrogen (secondary N) is 1. The van der Waals surface area contributed by atoms with Gasteiger partial charge in [-0.1, -0.05) is 25.5 Å². The predicted molar refractivity (Wildman–Crippen MR) is 79.8 cm³/mol. The Morgan fingerprint density at radius 2 is 2.00 bits per heavy atom. The molecule has 0 spiro atoms. The highest BCUT2D eigenvalue weighted by molar-refractivity contribution is 6.28. The standard InChI is InChI=1S/C14H17ClN4/c1-2-3-4-10-5-7-11(8-6-10)18-13-12(16)9-17-14(15)19-13/h5-9H,2-4,16H2,1H3,(H,17,18,19). The molecule has 1 heterocycles. The van der Waals surface area contributed by atoms with E-state index in [0.29, 0.717) is 11.5 Å². The summed E-state index contributed by atoms with van der Waals surface area (Å²) in [7, 11) is 0. The third kappa shape index (κ3) is 3.83. The third-order valence-corrected chi connectivity index (χ3v) is 3.01. The van der Waals surface area contributed by atoms with Crippen molar-refractivity contribution in [2.45, 2.75) is 26.2 Å². The van der Waals surface area contributed by atoms with Crippen LogP contribution in [0.4, 0.5) is 17.2 Å². The molecule has 100 valence electrons. The van der Waals surface area contributed by atoms with E-state index in [9.17, 15) is 0 Å². The van der Waals surface area contributed by atoms with Gasteiger partial charge < -0.3 is 11.1 Å². The number of anilines is 3. The molecule has 2 rings (SSSR count). The minimum atomic E-state index is 0.177. The second kappa shape index (κ2) is 6.38. The summed E-state index contributed by atoms with van der Waals surface area (Å²) < 4.78 is 0. The lowest BCUT2D eigenvalue weighted by atomic mass is 10.1. The Morgan fingerprint density at radius 1 is 1.26 bits per heavy atom. The third-order valence-electron chi connectivity index (χ3n) is 2.82. The van der Waals surface area contributed by atoms with Crippen molar-refractivity contribution in [1.82, 2.24) is 9.97 Å². The first-order valence-corrected chi connectivity index (χ1v) is 6.71. The van der Waals surface area contributed by atoms with Crippen molar-refractivity contribution in [3.05, 3.63) is 41.3 Å². The summed E-state index contributed by atoms with van der Waals surface area (Å²) >= 11 is 5.75. The van der Waals surface area contributed by atoms with Gasteiger partial charge in [0.25, 0.3) is 0 Å². The molecule has 0 aliphatic rings. The highest BCUT2D eigenvalue weighted by Gasteiger charge is 2.03. The predicted octanol–water partition coefficient (Wildman–Crippen LogP) is 3.80. The van der Waals surface area contributed by atoms with Crippen molar-refractivity contribution in [2.75, 3.05) is 11.1 Å². The van der Waals surface area contributed by atoms with Gasteiger partial charge in [-0.15, -0.1) is 0 Å². The molecule has 0 aliphatic heterocycles. The molecule has 0 radical (unpaired) electrons. The molecule has 0 unspecified atom stereocenters. The first kappa shape index (κ1) is 13.6. The zero-order valence-corrected chi connectivity index (χ0v) is 11.6. The van der Waals surface area contributed by atoms with Gasteiger partial charge in [0, 0.05) is 5.69 Å². The van der Waals surface area contributed by atoms with Gasteiger partial charge in [0.2, 0.25) is 5.28 Å². The lowest BCUT2D eigenvalue weighted by Gasteiger charge is -2.08. The van der Waals surface area contributed by atoms with Crippen molar-refractivity contribution in [2.24, 2.45) is 0 Å². The summed E-state index contributed by atoms with van der Waals surface area (Å²) in [5, 5.41) is 3.31. The van der Waals surface area contributed by atoms with Gasteiger partial charge in [0.05, 0.1) is 11.9 Å². The van der Waals surface area contributed by atoms with E-state index < -0.39 is 0 Å². The van der Waals surface area contributed by atoms with Crippen molar-refractivity contribution < 1.29 is 0 Å². The molecule has 0 bridgehead atoms. The van der Waals surface area contributed by atoms with Crippen LogP contribution in [0.15, 0.2) is 30.5 Å². The molecule has 1 aromatic heterocycles. The summed E-state index contributed by atoms with van der Waals surface area (Å²) in [6.45, 7) is 2.19. The fourth-order valence-corrected chi connectivity index (χ4v) is 1.88. The first-order chi connectivity index (χ1) is 9.19. The van der Waals surface area contributed by atoms with Crippen LogP contribution in [0, 0.1) is 0 Å². The Hall–Kier alpha value is -1.81. The highest BCUT2D eigenvalue weighted by atomic mass is 35.5. The topological polar surface area (TPSA) is 63.8 Å². The fraction of sp³-hybridized carbons (Fsp3) is 0.286. The number of unbranched alkanes of at least 4 members (excludes halogenated alkanes) is 1. The Kier molecular flexibility index (Phi) is 4.58. The second-order valence-electron chi connectivity index (χ2n) is 4.37. The van der Waals surface area contributed by atoms with Crippen LogP contribution in [0.2, 0.25) is 5.28 Å². The van der Waals surface area contributed by atoms with Crippen LogP contribution in [-0.4, -0.2) is 9.97 Å². The number of aryl methyl sites for hydroxylation is 1. The maximum absolute atomic E-state index is 5.79. The monoisotopic (exact) mass is 276 g/mol. The number of rotatable bonds is 5. The summed E-state index contributed by atoms with van der Waals surface area (Å²) in [5.74, 6) is 0.529. The van der Waals surface area contributed by atoms with Crippen LogP contribution < -0.4 is 11.1 Å². The number of halogens is 1. The van der Waals surface area contributed by atoms with E-state index in [1.165, 1.54) is 24.6 Å². The number of aromatic nitrogens is 2. The van der Waals surface area contributed by atoms with Crippen LogP contribution in [-0.2, 0) is 6.42 Å². The average molecular weight is 277 g/mol. The smallest absolute Gasteiger partial charge is 0.224 e. The number of benzene rings is 1. The van der Waals surface area contributed by atoms with Crippen LogP contribution in [0.5, 0.6) is 0 Å². The largest absolute Gasteiger partial charge is 0.394 e. The zero-order valence-electron chi connectivity index (χ0n) is 10.9. The Labute approximate surface area is 118 Å². The van der Waals surface area contributed by atoms with E-state index in [2.05, 4.69) is 34.3 Å². The Bertz CT molecular complexity index is 540. The molecule has 0 fully saturated rings. The average Bonchev–Trinajstić information content (AvgIpc) is 2.42. The minimum absolute atomic E-state index is 0.177. The van der Waals surface area contributed by atoms with Crippen LogP contribution in [0.25, 0.3) is 0 Å². The molecular formula is C14H17ClN4. The van der Waals surface area contributed by atoms with E-state index >= 15 is 0 Å². The molecular weight excluding hydrogens is 260 g/mol. The van der Waals surface area contributed by atoms with E-state index in [4.69, 9.17) is 17.3 Å². The number of hydrogen-bond donors (Lipinski definition) is 2. The van der Waals surface area contributed by atoms with Crippen molar-refractivity contribution in [3.63, 3.8) is 0 Å². The number of nitrogens with two attached hydrogens (primary N) is 1. The first-order valence-electron chi connectivity index (χ1n) is 6.33. The maximum Gasteiger partial charge on any atom is 0.224 e. The summed E-state index contributed by atoms with van der Waals surface area (Å²) in [6, 6.07) is 8.24. The molecule has 0 amide bonds. The molecule has 4 nitrogen and oxygen atoms in total. The van der Waals surface area contributed by atoms with Gasteiger partial charge in [0.1, 0.15) is 0 Å². The molecule has 0 aliphatic carbocycles. The van der Waals surface area contributed by atoms with E-state index in [-0.39, 0.29) is 5.28 Å². The van der Waals surface area contributed by atoms with Gasteiger partial charge in [-0.05, 0) is 42.1 Å². The normalized spacial score (nSPS) is 10.4. The van der Waals surface area contributed by atoms with Crippen molar-refractivity contribution in [1.29, 1.82) is 0 Å². The Morgan fingerprint density at radius 3 is 2.68 bits per heavy atom. The lowest BCUT2D eigenvalue weighted by molar-refractivity contribution is 0.795. The summed E-state index contributed by atoms with van der Waals surface area (Å²) in [4.78, 5) is 7.88. The molecule has 0 saturated carbocycles. The second-order valence-corrected chi connectivity index (χ2v) is 4.71. The van der Waals surface area contributed by atoms with Crippen LogP contribution >= 0.6 is 11.6 Å². The summed E-state index contributed by atoms with van der Waals surface area (Å²) in [5.41, 5.74) is 8.52. The van der Waals surface area contributed by atoms with Gasteiger partial charge >= 0.3 is 0 Å². The lowest BCUT2D eigenvalue weighted by Crippen LogP contribution is -2.00. The van der Waals surface area contributed by atoms with Crippen LogP contribution in [0.1, 0.15) is 25.3 Å². The van der Waals surface area contributed by atoms with Gasteiger partial charge in [-0.3, -0.25) is 0 Å². The van der Waals surface area contributed by atoms with Gasteiger partial charge in [-0.2, -0.15) is 4.98 Å². The quantitative estimate of drug-likeness (QED) is 0.816. The minimum Gasteiger partial charge on any atom is -0.394 e. The molecule has 19 heavy (non-hydrogen) atoms. The van der Waals surface area contributed by atoms with E-state index in [1.807, 2.05) is 12.1 Å². The Balaban J connectivity index is 2.08. The van der Waals surface area contributed by atoms with Crippen molar-refractivity contribution in [3.8, 4) is 0 Å². The van der Waals surface area contributed by atoms with E-state index in [0.717, 1.165) is 12.1 Å². The molecule has 3 N–H and O–H groups in total. The van der Waals surface area contributed by atoms with Crippen molar-refractivity contribution >= 4 is 28.8 Å².